The second-order valence-electron chi connectivity index (χ2n) is 11.4. The minimum atomic E-state index is -0.503. The first-order chi connectivity index (χ1) is 18.8. The smallest absolute Gasteiger partial charge is 0.256 e. The van der Waals surface area contributed by atoms with Crippen LogP contribution in [0.15, 0.2) is 42.9 Å². The van der Waals surface area contributed by atoms with Gasteiger partial charge in [0.2, 0.25) is 5.91 Å². The fourth-order valence-corrected chi connectivity index (χ4v) is 6.63. The van der Waals surface area contributed by atoms with Crippen LogP contribution in [0.4, 0.5) is 4.39 Å². The molecule has 2 aliphatic heterocycles. The zero-order chi connectivity index (χ0) is 27.4. The molecule has 1 aromatic carbocycles. The van der Waals surface area contributed by atoms with Crippen molar-refractivity contribution in [3.8, 4) is 5.69 Å². The molecule has 6 rings (SSSR count). The maximum atomic E-state index is 14.4. The Kier molecular flexibility index (Phi) is 6.49. The maximum absolute atomic E-state index is 14.4. The van der Waals surface area contributed by atoms with Gasteiger partial charge in [0.15, 0.2) is 5.78 Å². The first-order valence-corrected chi connectivity index (χ1v) is 13.9. The first kappa shape index (κ1) is 25.7. The molecule has 3 atom stereocenters. The lowest BCUT2D eigenvalue weighted by Crippen LogP contribution is -2.59. The highest BCUT2D eigenvalue weighted by Crippen LogP contribution is 2.37. The summed E-state index contributed by atoms with van der Waals surface area (Å²) in [6, 6.07) is 6.22. The van der Waals surface area contributed by atoms with Crippen molar-refractivity contribution in [2.45, 2.75) is 58.2 Å². The van der Waals surface area contributed by atoms with E-state index in [9.17, 15) is 18.8 Å². The van der Waals surface area contributed by atoms with Gasteiger partial charge in [-0.3, -0.25) is 19.4 Å². The molecule has 1 N–H and O–H groups in total. The molecule has 0 radical (unpaired) electrons. The standard InChI is InChI=1S/C30H34FN5O3/c1-4-35(17(2)3)29(38)23-12-20(31)6-8-25(23)36-16-24(22-9-10-32-13-26(22)36)28(37)19-14-34(15-19)30(39)27-18-5-7-21(11-18)33-27/h6,8-10,12-13,16-19,21,27,33H,4-5,7,11,14-15H2,1-3H3/t18-,21+,27-/m0/s1. The van der Waals surface area contributed by atoms with E-state index in [0.717, 1.165) is 19.3 Å². The van der Waals surface area contributed by atoms with Crippen molar-refractivity contribution in [2.75, 3.05) is 19.6 Å². The molecule has 2 bridgehead atoms. The SMILES string of the molecule is CCN(C(=O)c1cc(F)ccc1-n1cc(C(=O)C2CN(C(=O)[C@H]3N[C@@H]4CC[C@H]3C4)C2)c2ccncc21)C(C)C. The Hall–Kier alpha value is -3.59. The number of hydrogen-bond acceptors (Lipinski definition) is 5. The van der Waals surface area contributed by atoms with Crippen LogP contribution in [0.2, 0.25) is 0 Å². The number of Topliss-reactive ketones (excluding diaryl/α,β-unsaturated/α-hetero) is 1. The van der Waals surface area contributed by atoms with Crippen LogP contribution in [0.25, 0.3) is 16.6 Å². The van der Waals surface area contributed by atoms with Crippen molar-refractivity contribution < 1.29 is 18.8 Å². The minimum absolute atomic E-state index is 0.0396. The normalized spacial score (nSPS) is 22.5. The lowest BCUT2D eigenvalue weighted by atomic mass is 9.89. The highest BCUT2D eigenvalue weighted by atomic mass is 19.1. The number of likely N-dealkylation sites (tertiary alicyclic amines) is 1. The van der Waals surface area contributed by atoms with Crippen molar-refractivity contribution in [1.29, 1.82) is 0 Å². The number of hydrogen-bond donors (Lipinski definition) is 1. The van der Waals surface area contributed by atoms with Crippen LogP contribution in [-0.4, -0.2) is 74.7 Å². The summed E-state index contributed by atoms with van der Waals surface area (Å²) in [4.78, 5) is 48.0. The summed E-state index contributed by atoms with van der Waals surface area (Å²) >= 11 is 0. The van der Waals surface area contributed by atoms with E-state index < -0.39 is 5.82 Å². The molecule has 3 aromatic rings. The number of halogens is 1. The molecule has 9 heteroatoms. The van der Waals surface area contributed by atoms with Crippen LogP contribution in [0.3, 0.4) is 0 Å². The number of amides is 2. The van der Waals surface area contributed by atoms with E-state index >= 15 is 0 Å². The van der Waals surface area contributed by atoms with E-state index in [0.29, 0.717) is 53.7 Å². The number of rotatable bonds is 7. The van der Waals surface area contributed by atoms with E-state index in [1.165, 1.54) is 12.1 Å². The number of carbonyl (C=O) groups excluding carboxylic acids is 3. The fraction of sp³-hybridized carbons (Fsp3) is 0.467. The van der Waals surface area contributed by atoms with Crippen LogP contribution in [0.1, 0.15) is 60.7 Å². The molecule has 204 valence electrons. The molecular formula is C30H34FN5O3. The van der Waals surface area contributed by atoms with Gasteiger partial charge in [-0.05, 0) is 70.2 Å². The Labute approximate surface area is 227 Å². The monoisotopic (exact) mass is 531 g/mol. The van der Waals surface area contributed by atoms with Gasteiger partial charge in [-0.1, -0.05) is 0 Å². The summed E-state index contributed by atoms with van der Waals surface area (Å²) in [6.07, 6.45) is 8.33. The molecule has 1 saturated carbocycles. The highest BCUT2D eigenvalue weighted by Gasteiger charge is 2.47. The van der Waals surface area contributed by atoms with E-state index in [1.807, 2.05) is 20.8 Å². The molecule has 2 saturated heterocycles. The lowest BCUT2D eigenvalue weighted by molar-refractivity contribution is -0.139. The molecular weight excluding hydrogens is 497 g/mol. The van der Waals surface area contributed by atoms with Crippen molar-refractivity contribution in [3.05, 3.63) is 59.8 Å². The average Bonchev–Trinajstić information content (AvgIpc) is 3.62. The second kappa shape index (κ2) is 9.86. The number of fused-ring (bicyclic) bond motifs is 3. The maximum Gasteiger partial charge on any atom is 0.256 e. The number of ketones is 1. The zero-order valence-electron chi connectivity index (χ0n) is 22.6. The summed E-state index contributed by atoms with van der Waals surface area (Å²) in [5.41, 5.74) is 1.89. The van der Waals surface area contributed by atoms with Crippen molar-refractivity contribution in [3.63, 3.8) is 0 Å². The number of piperidine rings is 1. The van der Waals surface area contributed by atoms with E-state index in [2.05, 4.69) is 10.3 Å². The molecule has 2 aromatic heterocycles. The predicted octanol–water partition coefficient (Wildman–Crippen LogP) is 3.82. The number of nitrogens with zero attached hydrogens (tertiary/aromatic N) is 4. The van der Waals surface area contributed by atoms with Gasteiger partial charge in [0.1, 0.15) is 5.82 Å². The van der Waals surface area contributed by atoms with Gasteiger partial charge < -0.3 is 19.7 Å². The van der Waals surface area contributed by atoms with Crippen LogP contribution >= 0.6 is 0 Å². The quantitative estimate of drug-likeness (QED) is 0.469. The number of nitrogens with one attached hydrogen (secondary N) is 1. The summed E-state index contributed by atoms with van der Waals surface area (Å²) < 4.78 is 16.1. The molecule has 8 nitrogen and oxygen atoms in total. The van der Waals surface area contributed by atoms with Gasteiger partial charge in [-0.2, -0.15) is 0 Å². The number of aromatic nitrogens is 2. The largest absolute Gasteiger partial charge is 0.340 e. The van der Waals surface area contributed by atoms with Gasteiger partial charge in [-0.25, -0.2) is 4.39 Å². The van der Waals surface area contributed by atoms with Gasteiger partial charge >= 0.3 is 0 Å². The molecule has 0 spiro atoms. The van der Waals surface area contributed by atoms with Crippen LogP contribution in [0, 0.1) is 17.7 Å². The molecule has 3 fully saturated rings. The van der Waals surface area contributed by atoms with Gasteiger partial charge in [0, 0.05) is 55.1 Å². The topological polar surface area (TPSA) is 87.5 Å². The third-order valence-electron chi connectivity index (χ3n) is 8.74. The van der Waals surface area contributed by atoms with Crippen molar-refractivity contribution in [2.24, 2.45) is 11.8 Å². The molecule has 39 heavy (non-hydrogen) atoms. The van der Waals surface area contributed by atoms with Crippen LogP contribution < -0.4 is 5.32 Å². The first-order valence-electron chi connectivity index (χ1n) is 13.9. The second-order valence-corrected chi connectivity index (χ2v) is 11.4. The predicted molar refractivity (Wildman–Crippen MR) is 145 cm³/mol. The molecule has 4 heterocycles. The third-order valence-corrected chi connectivity index (χ3v) is 8.74. The van der Waals surface area contributed by atoms with E-state index in [4.69, 9.17) is 0 Å². The number of benzene rings is 1. The van der Waals surface area contributed by atoms with Gasteiger partial charge in [0.25, 0.3) is 5.91 Å². The van der Waals surface area contributed by atoms with Crippen LogP contribution in [0.5, 0.6) is 0 Å². The Morgan fingerprint density at radius 1 is 1.15 bits per heavy atom. The highest BCUT2D eigenvalue weighted by molar-refractivity contribution is 6.10. The number of pyridine rings is 1. The summed E-state index contributed by atoms with van der Waals surface area (Å²) in [7, 11) is 0. The Morgan fingerprint density at radius 2 is 1.95 bits per heavy atom. The lowest BCUT2D eigenvalue weighted by Gasteiger charge is -2.41. The zero-order valence-corrected chi connectivity index (χ0v) is 22.6. The van der Waals surface area contributed by atoms with Crippen molar-refractivity contribution >= 4 is 28.5 Å². The fourth-order valence-electron chi connectivity index (χ4n) is 6.63. The molecule has 3 aliphatic rings. The Bertz CT molecular complexity index is 1460. The minimum Gasteiger partial charge on any atom is -0.340 e. The summed E-state index contributed by atoms with van der Waals surface area (Å²) in [5.74, 6) is -0.583. The van der Waals surface area contributed by atoms with E-state index in [-0.39, 0.29) is 41.2 Å². The van der Waals surface area contributed by atoms with Gasteiger partial charge in [-0.15, -0.1) is 0 Å². The van der Waals surface area contributed by atoms with Gasteiger partial charge in [0.05, 0.1) is 34.9 Å². The number of carbonyl (C=O) groups is 3. The Morgan fingerprint density at radius 3 is 2.62 bits per heavy atom. The van der Waals surface area contributed by atoms with Crippen LogP contribution in [-0.2, 0) is 4.79 Å². The Balaban J connectivity index is 1.29. The summed E-state index contributed by atoms with van der Waals surface area (Å²) in [5, 5.41) is 4.17. The molecule has 0 unspecified atom stereocenters. The third kappa shape index (κ3) is 4.33. The molecule has 1 aliphatic carbocycles. The van der Waals surface area contributed by atoms with E-state index in [1.54, 1.807) is 45.1 Å². The molecule has 2 amide bonds. The average molecular weight is 532 g/mol. The van der Waals surface area contributed by atoms with Crippen molar-refractivity contribution in [1.82, 2.24) is 24.7 Å². The summed E-state index contributed by atoms with van der Waals surface area (Å²) in [6.45, 7) is 7.04.